The van der Waals surface area contributed by atoms with E-state index in [0.29, 0.717) is 53.5 Å². The summed E-state index contributed by atoms with van der Waals surface area (Å²) < 4.78 is 30.9. The summed E-state index contributed by atoms with van der Waals surface area (Å²) in [4.78, 5) is 2.00. The van der Waals surface area contributed by atoms with Crippen molar-refractivity contribution in [2.24, 2.45) is 0 Å². The second kappa shape index (κ2) is 11.0. The van der Waals surface area contributed by atoms with Crippen LogP contribution >= 0.6 is 11.6 Å². The van der Waals surface area contributed by atoms with E-state index in [4.69, 9.17) is 25.8 Å². The van der Waals surface area contributed by atoms with Crippen molar-refractivity contribution in [2.75, 3.05) is 46.8 Å². The number of ether oxygens (including phenoxy) is 3. The van der Waals surface area contributed by atoms with Gasteiger partial charge in [-0.1, -0.05) is 11.6 Å². The number of nitrogens with one attached hydrogen (secondary N) is 1. The molecule has 32 heavy (non-hydrogen) atoms. The lowest BCUT2D eigenvalue weighted by Crippen LogP contribution is -2.20. The van der Waals surface area contributed by atoms with Gasteiger partial charge in [-0.2, -0.15) is 0 Å². The number of methoxy groups -OCH3 is 2. The summed E-state index contributed by atoms with van der Waals surface area (Å²) in [7, 11) is 7.11. The van der Waals surface area contributed by atoms with Gasteiger partial charge < -0.3 is 24.4 Å². The molecule has 0 amide bonds. The number of rotatable bonds is 10. The lowest BCUT2D eigenvalue weighted by atomic mass is 10.1. The Morgan fingerprint density at radius 3 is 2.56 bits per heavy atom. The quantitative estimate of drug-likeness (QED) is 0.477. The average Bonchev–Trinajstić information content (AvgIpc) is 2.79. The number of hydrogen-bond acceptors (Lipinski definition) is 7. The molecule has 1 heterocycles. The molecule has 0 atom stereocenters. The Bertz CT molecular complexity index is 1070. The van der Waals surface area contributed by atoms with Gasteiger partial charge in [-0.3, -0.25) is 0 Å². The van der Waals surface area contributed by atoms with Gasteiger partial charge in [0.2, 0.25) is 0 Å². The first-order valence-corrected chi connectivity index (χ1v) is 10.3. The molecule has 0 saturated carbocycles. The number of aromatic nitrogens is 2. The van der Waals surface area contributed by atoms with Crippen LogP contribution in [0.4, 0.5) is 10.1 Å². The van der Waals surface area contributed by atoms with E-state index < -0.39 is 5.82 Å². The van der Waals surface area contributed by atoms with Crippen LogP contribution in [0.15, 0.2) is 42.5 Å². The van der Waals surface area contributed by atoms with Crippen LogP contribution in [0.2, 0.25) is 5.02 Å². The van der Waals surface area contributed by atoms with Crippen LogP contribution in [0.25, 0.3) is 11.3 Å². The molecule has 0 saturated heterocycles. The van der Waals surface area contributed by atoms with Gasteiger partial charge >= 0.3 is 0 Å². The summed E-state index contributed by atoms with van der Waals surface area (Å²) in [5.41, 5.74) is 2.08. The zero-order valence-corrected chi connectivity index (χ0v) is 19.2. The van der Waals surface area contributed by atoms with Crippen molar-refractivity contribution < 1.29 is 18.6 Å². The summed E-state index contributed by atoms with van der Waals surface area (Å²) in [6, 6.07) is 11.6. The maximum atomic E-state index is 14.4. The summed E-state index contributed by atoms with van der Waals surface area (Å²) in [6.45, 7) is 1.55. The van der Waals surface area contributed by atoms with Crippen molar-refractivity contribution in [1.29, 1.82) is 0 Å². The number of likely N-dealkylation sites (N-methyl/N-ethyl adjacent to an activating group) is 1. The van der Waals surface area contributed by atoms with E-state index in [-0.39, 0.29) is 5.56 Å². The molecule has 0 aliphatic heterocycles. The van der Waals surface area contributed by atoms with E-state index in [9.17, 15) is 4.39 Å². The van der Waals surface area contributed by atoms with E-state index in [1.807, 2.05) is 37.2 Å². The minimum atomic E-state index is -0.437. The van der Waals surface area contributed by atoms with E-state index in [1.54, 1.807) is 20.3 Å². The molecule has 0 aliphatic rings. The minimum Gasteiger partial charge on any atom is -0.497 e. The van der Waals surface area contributed by atoms with Gasteiger partial charge in [-0.15, -0.1) is 10.2 Å². The van der Waals surface area contributed by atoms with Crippen LogP contribution in [0.1, 0.15) is 5.56 Å². The molecule has 3 aromatic rings. The first-order valence-electron chi connectivity index (χ1n) is 9.96. The molecule has 9 heteroatoms. The molecule has 3 rings (SSSR count). The smallest absolute Gasteiger partial charge is 0.257 e. The maximum absolute atomic E-state index is 14.4. The van der Waals surface area contributed by atoms with Gasteiger partial charge in [0.05, 0.1) is 19.9 Å². The zero-order chi connectivity index (χ0) is 23.1. The Labute approximate surface area is 192 Å². The van der Waals surface area contributed by atoms with Gasteiger partial charge in [0.25, 0.3) is 5.88 Å². The summed E-state index contributed by atoms with van der Waals surface area (Å²) in [5.74, 6) is 1.26. The number of halogens is 2. The lowest BCUT2D eigenvalue weighted by molar-refractivity contribution is 0.253. The first kappa shape index (κ1) is 23.6. The maximum Gasteiger partial charge on any atom is 0.257 e. The molecule has 0 radical (unpaired) electrons. The highest BCUT2D eigenvalue weighted by molar-refractivity contribution is 6.30. The average molecular weight is 461 g/mol. The largest absolute Gasteiger partial charge is 0.497 e. The van der Waals surface area contributed by atoms with Gasteiger partial charge in [0, 0.05) is 35.3 Å². The Balaban J connectivity index is 1.90. The van der Waals surface area contributed by atoms with E-state index >= 15 is 0 Å². The number of benzene rings is 2. The molecule has 7 nitrogen and oxygen atoms in total. The van der Waals surface area contributed by atoms with Crippen LogP contribution in [0, 0.1) is 5.82 Å². The predicted molar refractivity (Wildman–Crippen MR) is 123 cm³/mol. The van der Waals surface area contributed by atoms with Crippen LogP contribution in [0.5, 0.6) is 17.4 Å². The van der Waals surface area contributed by atoms with Crippen molar-refractivity contribution in [3.8, 4) is 28.6 Å². The standard InChI is InChI=1S/C23H26ClFN4O3/c1-29(2)9-10-32-23-21(26-14-15-5-7-17(30-3)12-22(15)31-4)13-20(27-28-23)18-11-16(24)6-8-19(18)25/h5-8,11-13H,9-10,14H2,1-4H3,(H,26,27). The summed E-state index contributed by atoms with van der Waals surface area (Å²) >= 11 is 6.05. The minimum absolute atomic E-state index is 0.259. The molecule has 0 spiro atoms. The molecule has 0 bridgehead atoms. The molecule has 1 N–H and O–H groups in total. The summed E-state index contributed by atoms with van der Waals surface area (Å²) in [6.07, 6.45) is 0. The number of hydrogen-bond donors (Lipinski definition) is 1. The Kier molecular flexibility index (Phi) is 8.08. The third-order valence-corrected chi connectivity index (χ3v) is 4.94. The highest BCUT2D eigenvalue weighted by atomic mass is 35.5. The van der Waals surface area contributed by atoms with Crippen molar-refractivity contribution in [3.05, 3.63) is 58.9 Å². The van der Waals surface area contributed by atoms with Crippen LogP contribution < -0.4 is 19.5 Å². The van der Waals surface area contributed by atoms with Crippen LogP contribution in [-0.2, 0) is 6.54 Å². The van der Waals surface area contributed by atoms with Crippen molar-refractivity contribution >= 4 is 17.3 Å². The van der Waals surface area contributed by atoms with Gasteiger partial charge in [-0.05, 0) is 50.5 Å². The summed E-state index contributed by atoms with van der Waals surface area (Å²) in [5, 5.41) is 12.1. The number of anilines is 1. The molecule has 1 aromatic heterocycles. The van der Waals surface area contributed by atoms with Crippen LogP contribution in [-0.4, -0.2) is 56.6 Å². The molecule has 0 fully saturated rings. The molecule has 2 aromatic carbocycles. The van der Waals surface area contributed by atoms with Gasteiger partial charge in [0.1, 0.15) is 29.6 Å². The highest BCUT2D eigenvalue weighted by Crippen LogP contribution is 2.31. The molecule has 170 valence electrons. The van der Waals surface area contributed by atoms with E-state index in [0.717, 1.165) is 5.56 Å². The molecular weight excluding hydrogens is 435 g/mol. The lowest BCUT2D eigenvalue weighted by Gasteiger charge is -2.16. The predicted octanol–water partition coefficient (Wildman–Crippen LogP) is 4.51. The second-order valence-electron chi connectivity index (χ2n) is 7.26. The van der Waals surface area contributed by atoms with E-state index in [1.165, 1.54) is 18.2 Å². The van der Waals surface area contributed by atoms with E-state index in [2.05, 4.69) is 15.5 Å². The fourth-order valence-electron chi connectivity index (χ4n) is 2.95. The highest BCUT2D eigenvalue weighted by Gasteiger charge is 2.15. The Hall–Kier alpha value is -3.10. The Morgan fingerprint density at radius 2 is 1.84 bits per heavy atom. The van der Waals surface area contributed by atoms with Gasteiger partial charge in [0.15, 0.2) is 0 Å². The molecule has 0 unspecified atom stereocenters. The zero-order valence-electron chi connectivity index (χ0n) is 18.5. The first-order chi connectivity index (χ1) is 15.4. The SMILES string of the molecule is COc1ccc(CNc2cc(-c3cc(Cl)ccc3F)nnc2OCCN(C)C)c(OC)c1. The van der Waals surface area contributed by atoms with Gasteiger partial charge in [-0.25, -0.2) is 4.39 Å². The third kappa shape index (κ3) is 5.99. The molecule has 0 aliphatic carbocycles. The second-order valence-corrected chi connectivity index (χ2v) is 7.69. The fraction of sp³-hybridized carbons (Fsp3) is 0.304. The Morgan fingerprint density at radius 1 is 1.03 bits per heavy atom. The van der Waals surface area contributed by atoms with Crippen LogP contribution in [0.3, 0.4) is 0 Å². The topological polar surface area (TPSA) is 68.7 Å². The number of nitrogens with zero attached hydrogens (tertiary/aromatic N) is 3. The third-order valence-electron chi connectivity index (χ3n) is 4.71. The van der Waals surface area contributed by atoms with Crippen molar-refractivity contribution in [2.45, 2.75) is 6.54 Å². The monoisotopic (exact) mass is 460 g/mol. The van der Waals surface area contributed by atoms with Crippen molar-refractivity contribution in [1.82, 2.24) is 15.1 Å². The van der Waals surface area contributed by atoms with Crippen molar-refractivity contribution in [3.63, 3.8) is 0 Å². The normalized spacial score (nSPS) is 10.8. The molecular formula is C23H26ClFN4O3. The fourth-order valence-corrected chi connectivity index (χ4v) is 3.12.